The zero-order chi connectivity index (χ0) is 11.0. The Labute approximate surface area is 94.2 Å². The fraction of sp³-hybridized carbons (Fsp3) is 0.333. The first-order valence-corrected chi connectivity index (χ1v) is 5.42. The Morgan fingerprint density at radius 1 is 1.38 bits per heavy atom. The van der Waals surface area contributed by atoms with E-state index in [0.717, 1.165) is 24.3 Å². The van der Waals surface area contributed by atoms with Gasteiger partial charge in [-0.15, -0.1) is 0 Å². The van der Waals surface area contributed by atoms with E-state index in [0.29, 0.717) is 0 Å². The first-order chi connectivity index (χ1) is 7.86. The summed E-state index contributed by atoms with van der Waals surface area (Å²) in [5.74, 6) is 0. The molecule has 1 aromatic carbocycles. The molecule has 1 saturated heterocycles. The first kappa shape index (κ1) is 9.54. The minimum Gasteiger partial charge on any atom is -0.354 e. The maximum atomic E-state index is 5.61. The van der Waals surface area contributed by atoms with Gasteiger partial charge in [0.25, 0.3) is 0 Å². The molecule has 0 radical (unpaired) electrons. The highest BCUT2D eigenvalue weighted by atomic mass is 16.5. The Hall–Kier alpha value is -1.68. The molecule has 0 spiro atoms. The van der Waals surface area contributed by atoms with Crippen LogP contribution in [0.5, 0.6) is 0 Å². The van der Waals surface area contributed by atoms with Gasteiger partial charge >= 0.3 is 0 Å². The van der Waals surface area contributed by atoms with E-state index >= 15 is 0 Å². The summed E-state index contributed by atoms with van der Waals surface area (Å²) in [6.07, 6.45) is 0.903. The first-order valence-electron chi connectivity index (χ1n) is 5.42. The molecule has 0 saturated carbocycles. The van der Waals surface area contributed by atoms with Crippen LogP contribution in [0.25, 0.3) is 5.70 Å². The van der Waals surface area contributed by atoms with Crippen LogP contribution in [0.15, 0.2) is 47.2 Å². The van der Waals surface area contributed by atoms with Gasteiger partial charge in [0.15, 0.2) is 6.23 Å². The minimum absolute atomic E-state index is 0.0484. The molecule has 1 aromatic rings. The quantitative estimate of drug-likeness (QED) is 0.759. The third-order valence-electron chi connectivity index (χ3n) is 2.95. The van der Waals surface area contributed by atoms with E-state index in [1.54, 1.807) is 5.01 Å². The van der Waals surface area contributed by atoms with Crippen molar-refractivity contribution >= 4 is 5.70 Å². The molecule has 4 nitrogen and oxygen atoms in total. The van der Waals surface area contributed by atoms with E-state index in [4.69, 9.17) is 4.74 Å². The highest BCUT2D eigenvalue weighted by molar-refractivity contribution is 5.61. The van der Waals surface area contributed by atoms with Gasteiger partial charge in [0.1, 0.15) is 6.04 Å². The van der Waals surface area contributed by atoms with Crippen molar-refractivity contribution in [2.24, 2.45) is 10.3 Å². The standard InChI is InChI=1S/C12H13N3O/c1-9(10-5-3-2-4-6-10)15-12-11(13-14-15)7-8-16-12/h2-6,11-12H,1,7-8H2/t11-,12+/m1/s1. The third-order valence-corrected chi connectivity index (χ3v) is 2.95. The molecule has 1 fully saturated rings. The predicted octanol–water partition coefficient (Wildman–Crippen LogP) is 2.46. The molecule has 0 aliphatic carbocycles. The van der Waals surface area contributed by atoms with Crippen molar-refractivity contribution in [3.8, 4) is 0 Å². The Morgan fingerprint density at radius 3 is 3.00 bits per heavy atom. The van der Waals surface area contributed by atoms with Gasteiger partial charge in [-0.3, -0.25) is 0 Å². The zero-order valence-corrected chi connectivity index (χ0v) is 8.91. The molecular formula is C12H13N3O. The van der Waals surface area contributed by atoms with Gasteiger partial charge in [-0.25, -0.2) is 5.01 Å². The molecule has 4 heteroatoms. The molecule has 0 bridgehead atoms. The van der Waals surface area contributed by atoms with Crippen LogP contribution in [0.3, 0.4) is 0 Å². The highest BCUT2D eigenvalue weighted by Crippen LogP contribution is 2.32. The summed E-state index contributed by atoms with van der Waals surface area (Å²) < 4.78 is 5.61. The minimum atomic E-state index is -0.0484. The normalized spacial score (nSPS) is 27.1. The van der Waals surface area contributed by atoms with Crippen LogP contribution in [0.2, 0.25) is 0 Å². The van der Waals surface area contributed by atoms with Crippen LogP contribution in [-0.4, -0.2) is 23.9 Å². The van der Waals surface area contributed by atoms with Gasteiger partial charge in [-0.2, -0.15) is 5.11 Å². The monoisotopic (exact) mass is 215 g/mol. The summed E-state index contributed by atoms with van der Waals surface area (Å²) in [4.78, 5) is 0. The largest absolute Gasteiger partial charge is 0.354 e. The second-order valence-corrected chi connectivity index (χ2v) is 3.98. The Morgan fingerprint density at radius 2 is 2.19 bits per heavy atom. The third kappa shape index (κ3) is 1.42. The number of hydrogen-bond acceptors (Lipinski definition) is 4. The number of benzene rings is 1. The molecule has 3 rings (SSSR count). The van der Waals surface area contributed by atoms with Gasteiger partial charge in [0.05, 0.1) is 12.3 Å². The Kier molecular flexibility index (Phi) is 2.22. The summed E-state index contributed by atoms with van der Waals surface area (Å²) in [6.45, 7) is 4.82. The van der Waals surface area contributed by atoms with Gasteiger partial charge in [0.2, 0.25) is 0 Å². The Balaban J connectivity index is 1.84. The summed E-state index contributed by atoms with van der Waals surface area (Å²) >= 11 is 0. The zero-order valence-electron chi connectivity index (χ0n) is 8.91. The maximum absolute atomic E-state index is 5.61. The topological polar surface area (TPSA) is 37.2 Å². The molecule has 2 heterocycles. The SMILES string of the molecule is C=C(c1ccccc1)N1N=N[C@@H]2CCO[C@@H]21. The molecule has 0 amide bonds. The second-order valence-electron chi connectivity index (χ2n) is 3.98. The van der Waals surface area contributed by atoms with E-state index in [-0.39, 0.29) is 12.3 Å². The van der Waals surface area contributed by atoms with E-state index in [1.165, 1.54) is 0 Å². The fourth-order valence-electron chi connectivity index (χ4n) is 2.05. The molecule has 82 valence electrons. The van der Waals surface area contributed by atoms with Crippen LogP contribution in [-0.2, 0) is 4.74 Å². The van der Waals surface area contributed by atoms with Gasteiger partial charge < -0.3 is 4.74 Å². The predicted molar refractivity (Wildman–Crippen MR) is 60.3 cm³/mol. The van der Waals surface area contributed by atoms with Crippen molar-refractivity contribution in [1.29, 1.82) is 0 Å². The van der Waals surface area contributed by atoms with Gasteiger partial charge in [-0.1, -0.05) is 42.1 Å². The lowest BCUT2D eigenvalue weighted by molar-refractivity contribution is 0.0246. The van der Waals surface area contributed by atoms with Gasteiger partial charge in [-0.05, 0) is 12.0 Å². The van der Waals surface area contributed by atoms with E-state index < -0.39 is 0 Å². The van der Waals surface area contributed by atoms with E-state index in [1.807, 2.05) is 30.3 Å². The van der Waals surface area contributed by atoms with Crippen molar-refractivity contribution in [2.45, 2.75) is 18.7 Å². The Bertz CT molecular complexity index is 429. The molecule has 2 aliphatic heterocycles. The molecule has 0 unspecified atom stereocenters. The summed E-state index contributed by atoms with van der Waals surface area (Å²) in [5.41, 5.74) is 1.90. The molecule has 2 aliphatic rings. The smallest absolute Gasteiger partial charge is 0.176 e. The van der Waals surface area contributed by atoms with Crippen molar-refractivity contribution < 1.29 is 4.74 Å². The molecule has 16 heavy (non-hydrogen) atoms. The molecule has 0 N–H and O–H groups in total. The highest BCUT2D eigenvalue weighted by Gasteiger charge is 2.39. The van der Waals surface area contributed by atoms with Crippen LogP contribution in [0.1, 0.15) is 12.0 Å². The summed E-state index contributed by atoms with van der Waals surface area (Å²) in [5, 5.41) is 10.1. The molecular weight excluding hydrogens is 202 g/mol. The number of nitrogens with zero attached hydrogens (tertiary/aromatic N) is 3. The van der Waals surface area contributed by atoms with Crippen LogP contribution in [0, 0.1) is 0 Å². The average Bonchev–Trinajstić information content (AvgIpc) is 2.91. The summed E-state index contributed by atoms with van der Waals surface area (Å²) in [7, 11) is 0. The summed E-state index contributed by atoms with van der Waals surface area (Å²) in [6, 6.07) is 10.2. The van der Waals surface area contributed by atoms with Crippen molar-refractivity contribution in [2.75, 3.05) is 6.61 Å². The number of hydrogen-bond donors (Lipinski definition) is 0. The number of ether oxygens (including phenoxy) is 1. The molecule has 2 atom stereocenters. The second kappa shape index (κ2) is 3.72. The van der Waals surface area contributed by atoms with E-state index in [9.17, 15) is 0 Å². The molecule has 0 aromatic heterocycles. The average molecular weight is 215 g/mol. The van der Waals surface area contributed by atoms with Crippen LogP contribution in [0.4, 0.5) is 0 Å². The van der Waals surface area contributed by atoms with E-state index in [2.05, 4.69) is 16.9 Å². The van der Waals surface area contributed by atoms with Crippen LogP contribution >= 0.6 is 0 Å². The van der Waals surface area contributed by atoms with Crippen LogP contribution < -0.4 is 0 Å². The lowest BCUT2D eigenvalue weighted by Crippen LogP contribution is -2.30. The van der Waals surface area contributed by atoms with Crippen molar-refractivity contribution in [1.82, 2.24) is 5.01 Å². The lowest BCUT2D eigenvalue weighted by Gasteiger charge is -2.22. The van der Waals surface area contributed by atoms with Gasteiger partial charge in [0, 0.05) is 0 Å². The number of fused-ring (bicyclic) bond motifs is 1. The number of rotatable bonds is 2. The lowest BCUT2D eigenvalue weighted by atomic mass is 10.1. The van der Waals surface area contributed by atoms with Crippen molar-refractivity contribution in [3.63, 3.8) is 0 Å². The fourth-order valence-corrected chi connectivity index (χ4v) is 2.05. The maximum Gasteiger partial charge on any atom is 0.176 e. The van der Waals surface area contributed by atoms with Crippen molar-refractivity contribution in [3.05, 3.63) is 42.5 Å².